The average Bonchev–Trinajstić information content (AvgIpc) is 3.14. The Morgan fingerprint density at radius 3 is 2.73 bits per heavy atom. The summed E-state index contributed by atoms with van der Waals surface area (Å²) in [4.78, 5) is 16.5. The first-order valence-corrected chi connectivity index (χ1v) is 9.02. The Balaban J connectivity index is 1.47. The van der Waals surface area contributed by atoms with Crippen LogP contribution in [0.2, 0.25) is 0 Å². The minimum absolute atomic E-state index is 0.0222. The number of hydrogen-bond donors (Lipinski definition) is 2. The van der Waals surface area contributed by atoms with E-state index in [2.05, 4.69) is 27.7 Å². The zero-order chi connectivity index (χ0) is 18.4. The summed E-state index contributed by atoms with van der Waals surface area (Å²) in [6, 6.07) is 7.44. The van der Waals surface area contributed by atoms with E-state index in [-0.39, 0.29) is 11.3 Å². The van der Waals surface area contributed by atoms with Crippen LogP contribution in [0.15, 0.2) is 28.8 Å². The molecule has 1 fully saturated rings. The Bertz CT molecular complexity index is 721. The predicted octanol–water partition coefficient (Wildman–Crippen LogP) is 2.18. The van der Waals surface area contributed by atoms with Gasteiger partial charge in [-0.15, -0.1) is 0 Å². The number of aromatic nitrogens is 2. The van der Waals surface area contributed by atoms with E-state index < -0.39 is 0 Å². The third-order valence-electron chi connectivity index (χ3n) is 4.91. The molecule has 1 amide bonds. The Morgan fingerprint density at radius 1 is 1.31 bits per heavy atom. The van der Waals surface area contributed by atoms with E-state index in [0.717, 1.165) is 37.2 Å². The number of piperidine rings is 1. The molecule has 1 aliphatic rings. The molecule has 0 unspecified atom stereocenters. The number of benzene rings is 1. The second kappa shape index (κ2) is 8.31. The monoisotopic (exact) mass is 358 g/mol. The summed E-state index contributed by atoms with van der Waals surface area (Å²) in [6.45, 7) is 4.98. The Kier molecular flexibility index (Phi) is 5.88. The maximum absolute atomic E-state index is 12.1. The van der Waals surface area contributed by atoms with Crippen molar-refractivity contribution in [2.75, 3.05) is 26.7 Å². The fourth-order valence-corrected chi connectivity index (χ4v) is 3.04. The first-order valence-electron chi connectivity index (χ1n) is 9.02. The van der Waals surface area contributed by atoms with Crippen molar-refractivity contribution in [1.82, 2.24) is 20.8 Å². The van der Waals surface area contributed by atoms with Crippen LogP contribution >= 0.6 is 0 Å². The maximum Gasteiger partial charge on any atom is 0.227 e. The summed E-state index contributed by atoms with van der Waals surface area (Å²) in [7, 11) is 1.62. The number of aryl methyl sites for hydroxylation is 1. The van der Waals surface area contributed by atoms with Gasteiger partial charge in [-0.1, -0.05) is 12.1 Å². The summed E-state index contributed by atoms with van der Waals surface area (Å²) >= 11 is 0. The van der Waals surface area contributed by atoms with E-state index in [0.29, 0.717) is 31.1 Å². The lowest BCUT2D eigenvalue weighted by Gasteiger charge is -2.34. The van der Waals surface area contributed by atoms with E-state index in [1.54, 1.807) is 7.11 Å². The topological polar surface area (TPSA) is 89.3 Å². The first-order chi connectivity index (χ1) is 12.6. The molecule has 2 heterocycles. The minimum Gasteiger partial charge on any atom is -0.497 e. The van der Waals surface area contributed by atoms with E-state index in [9.17, 15) is 4.79 Å². The SMILES string of the molecule is COc1ccc(-c2noc(CCC(=O)NCC3(C)CCNCC3)n2)cc1. The highest BCUT2D eigenvalue weighted by molar-refractivity contribution is 5.76. The zero-order valence-electron chi connectivity index (χ0n) is 15.4. The van der Waals surface area contributed by atoms with Gasteiger partial charge in [0.25, 0.3) is 0 Å². The lowest BCUT2D eigenvalue weighted by atomic mass is 9.81. The molecule has 1 aromatic heterocycles. The van der Waals surface area contributed by atoms with Gasteiger partial charge in [-0.05, 0) is 55.6 Å². The largest absolute Gasteiger partial charge is 0.497 e. The lowest BCUT2D eigenvalue weighted by molar-refractivity contribution is -0.121. The minimum atomic E-state index is 0.0222. The molecule has 0 aliphatic carbocycles. The second-order valence-corrected chi connectivity index (χ2v) is 7.08. The van der Waals surface area contributed by atoms with Gasteiger partial charge < -0.3 is 19.9 Å². The van der Waals surface area contributed by atoms with Gasteiger partial charge in [-0.3, -0.25) is 4.79 Å². The summed E-state index contributed by atoms with van der Waals surface area (Å²) in [5.41, 5.74) is 1.04. The van der Waals surface area contributed by atoms with Crippen molar-refractivity contribution in [1.29, 1.82) is 0 Å². The van der Waals surface area contributed by atoms with E-state index in [4.69, 9.17) is 9.26 Å². The van der Waals surface area contributed by atoms with Crippen LogP contribution in [0.3, 0.4) is 0 Å². The number of ether oxygens (including phenoxy) is 1. The van der Waals surface area contributed by atoms with Gasteiger partial charge in [0.05, 0.1) is 7.11 Å². The fourth-order valence-electron chi connectivity index (χ4n) is 3.04. The molecule has 1 aliphatic heterocycles. The van der Waals surface area contributed by atoms with Crippen molar-refractivity contribution >= 4 is 5.91 Å². The van der Waals surface area contributed by atoms with Crippen LogP contribution in [0.1, 0.15) is 32.1 Å². The number of methoxy groups -OCH3 is 1. The molecular formula is C19H26N4O3. The van der Waals surface area contributed by atoms with E-state index in [1.807, 2.05) is 24.3 Å². The lowest BCUT2D eigenvalue weighted by Crippen LogP contribution is -2.42. The summed E-state index contributed by atoms with van der Waals surface area (Å²) < 4.78 is 10.4. The average molecular weight is 358 g/mol. The van der Waals surface area contributed by atoms with Crippen LogP contribution in [0, 0.1) is 5.41 Å². The second-order valence-electron chi connectivity index (χ2n) is 7.08. The third kappa shape index (κ3) is 4.82. The van der Waals surface area contributed by atoms with Crippen molar-refractivity contribution in [3.05, 3.63) is 30.2 Å². The molecule has 2 N–H and O–H groups in total. The van der Waals surface area contributed by atoms with Crippen LogP contribution < -0.4 is 15.4 Å². The Labute approximate surface area is 153 Å². The van der Waals surface area contributed by atoms with Gasteiger partial charge >= 0.3 is 0 Å². The molecule has 140 valence electrons. The van der Waals surface area contributed by atoms with Gasteiger partial charge in [-0.25, -0.2) is 0 Å². The van der Waals surface area contributed by atoms with Gasteiger partial charge in [0.15, 0.2) is 0 Å². The molecule has 2 aromatic rings. The van der Waals surface area contributed by atoms with Crippen LogP contribution in [0.5, 0.6) is 5.75 Å². The van der Waals surface area contributed by atoms with Crippen molar-refractivity contribution in [2.45, 2.75) is 32.6 Å². The molecule has 0 bridgehead atoms. The highest BCUT2D eigenvalue weighted by atomic mass is 16.5. The molecule has 0 atom stereocenters. The number of nitrogens with one attached hydrogen (secondary N) is 2. The van der Waals surface area contributed by atoms with Crippen molar-refractivity contribution in [3.63, 3.8) is 0 Å². The smallest absolute Gasteiger partial charge is 0.227 e. The standard InChI is InChI=1S/C19H26N4O3/c1-19(9-11-20-12-10-19)13-21-16(24)7-8-17-22-18(23-26-17)14-3-5-15(25-2)6-4-14/h3-6,20H,7-13H2,1-2H3,(H,21,24). The predicted molar refractivity (Wildman–Crippen MR) is 97.8 cm³/mol. The maximum atomic E-state index is 12.1. The summed E-state index contributed by atoms with van der Waals surface area (Å²) in [5.74, 6) is 1.79. The normalized spacial score (nSPS) is 16.2. The Morgan fingerprint density at radius 2 is 2.04 bits per heavy atom. The molecule has 26 heavy (non-hydrogen) atoms. The fraction of sp³-hybridized carbons (Fsp3) is 0.526. The molecule has 1 saturated heterocycles. The molecular weight excluding hydrogens is 332 g/mol. The molecule has 1 aromatic carbocycles. The first kappa shape index (κ1) is 18.4. The summed E-state index contributed by atoms with van der Waals surface area (Å²) in [6.07, 6.45) is 2.95. The molecule has 0 radical (unpaired) electrons. The zero-order valence-corrected chi connectivity index (χ0v) is 15.4. The highest BCUT2D eigenvalue weighted by Crippen LogP contribution is 2.26. The van der Waals surface area contributed by atoms with Crippen molar-refractivity contribution in [2.24, 2.45) is 5.41 Å². The quantitative estimate of drug-likeness (QED) is 0.789. The molecule has 3 rings (SSSR count). The number of carbonyl (C=O) groups is 1. The third-order valence-corrected chi connectivity index (χ3v) is 4.91. The summed E-state index contributed by atoms with van der Waals surface area (Å²) in [5, 5.41) is 10.4. The molecule has 7 heteroatoms. The van der Waals surface area contributed by atoms with Crippen LogP contribution in [-0.2, 0) is 11.2 Å². The van der Waals surface area contributed by atoms with Gasteiger partial charge in [0.2, 0.25) is 17.6 Å². The van der Waals surface area contributed by atoms with Crippen LogP contribution in [0.4, 0.5) is 0 Å². The number of rotatable bonds is 7. The molecule has 0 spiro atoms. The Hall–Kier alpha value is -2.41. The van der Waals surface area contributed by atoms with Crippen LogP contribution in [-0.4, -0.2) is 42.8 Å². The van der Waals surface area contributed by atoms with Gasteiger partial charge in [0, 0.05) is 24.9 Å². The van der Waals surface area contributed by atoms with E-state index in [1.165, 1.54) is 0 Å². The highest BCUT2D eigenvalue weighted by Gasteiger charge is 2.26. The molecule has 0 saturated carbocycles. The van der Waals surface area contributed by atoms with Crippen molar-refractivity contribution < 1.29 is 14.1 Å². The number of hydrogen-bond acceptors (Lipinski definition) is 6. The number of carbonyl (C=O) groups excluding carboxylic acids is 1. The van der Waals surface area contributed by atoms with Crippen LogP contribution in [0.25, 0.3) is 11.4 Å². The number of amides is 1. The van der Waals surface area contributed by atoms with Crippen molar-refractivity contribution in [3.8, 4) is 17.1 Å². The van der Waals surface area contributed by atoms with E-state index >= 15 is 0 Å². The van der Waals surface area contributed by atoms with Gasteiger partial charge in [0.1, 0.15) is 5.75 Å². The number of nitrogens with zero attached hydrogens (tertiary/aromatic N) is 2. The molecule has 7 nitrogen and oxygen atoms in total. The van der Waals surface area contributed by atoms with Gasteiger partial charge in [-0.2, -0.15) is 4.98 Å².